The van der Waals surface area contributed by atoms with E-state index in [0.29, 0.717) is 10.2 Å². The Kier molecular flexibility index (Phi) is 3.12. The maximum Gasteiger partial charge on any atom is 0.393 e. The van der Waals surface area contributed by atoms with Crippen molar-refractivity contribution in [2.24, 2.45) is 5.73 Å². The van der Waals surface area contributed by atoms with Crippen LogP contribution >= 0.6 is 11.3 Å². The number of alkyl halides is 3. The molecule has 1 heterocycles. The summed E-state index contributed by atoms with van der Waals surface area (Å²) in [5.41, 5.74) is 5.61. The van der Waals surface area contributed by atoms with E-state index in [9.17, 15) is 18.0 Å². The van der Waals surface area contributed by atoms with Crippen LogP contribution < -0.4 is 11.1 Å². The summed E-state index contributed by atoms with van der Waals surface area (Å²) in [6.07, 6.45) is -5.23. The van der Waals surface area contributed by atoms with Gasteiger partial charge in [0.2, 0.25) is 0 Å². The second-order valence-corrected chi connectivity index (χ2v) is 4.63. The zero-order valence-electron chi connectivity index (χ0n) is 8.91. The minimum absolute atomic E-state index is 0.157. The van der Waals surface area contributed by atoms with Gasteiger partial charge in [0.05, 0.1) is 16.6 Å². The first-order valence-electron chi connectivity index (χ1n) is 4.86. The predicted octanol–water partition coefficient (Wildman–Crippen LogP) is 2.89. The molecule has 2 amide bonds. The van der Waals surface area contributed by atoms with E-state index in [0.717, 1.165) is 11.3 Å². The highest BCUT2D eigenvalue weighted by molar-refractivity contribution is 7.22. The van der Waals surface area contributed by atoms with Crippen molar-refractivity contribution in [3.63, 3.8) is 0 Å². The van der Waals surface area contributed by atoms with E-state index in [-0.39, 0.29) is 10.7 Å². The maximum absolute atomic E-state index is 12.2. The normalized spacial score (nSPS) is 11.7. The molecule has 0 fully saturated rings. The number of nitrogens with zero attached hydrogens (tertiary/aromatic N) is 1. The fraction of sp³-hybridized carbons (Fsp3) is 0.200. The molecule has 8 heteroatoms. The van der Waals surface area contributed by atoms with Crippen LogP contribution in [0.2, 0.25) is 0 Å². The monoisotopic (exact) mass is 275 g/mol. The molecule has 0 radical (unpaired) electrons. The molecule has 0 saturated carbocycles. The molecule has 0 aliphatic carbocycles. The van der Waals surface area contributed by atoms with Crippen molar-refractivity contribution in [2.75, 3.05) is 5.32 Å². The van der Waals surface area contributed by atoms with Gasteiger partial charge in [0.1, 0.15) is 0 Å². The summed E-state index contributed by atoms with van der Waals surface area (Å²) in [5.74, 6) is 0. The van der Waals surface area contributed by atoms with E-state index in [4.69, 9.17) is 5.73 Å². The van der Waals surface area contributed by atoms with Crippen molar-refractivity contribution in [3.8, 4) is 0 Å². The Morgan fingerprint density at radius 3 is 2.78 bits per heavy atom. The molecule has 0 saturated heterocycles. The summed E-state index contributed by atoms with van der Waals surface area (Å²) in [6, 6.07) is 3.50. The zero-order chi connectivity index (χ0) is 13.3. The van der Waals surface area contributed by atoms with Crippen LogP contribution in [0.1, 0.15) is 5.56 Å². The lowest BCUT2D eigenvalue weighted by Gasteiger charge is -2.05. The number of fused-ring (bicyclic) bond motifs is 1. The van der Waals surface area contributed by atoms with Gasteiger partial charge in [-0.2, -0.15) is 13.2 Å². The summed E-state index contributed by atoms with van der Waals surface area (Å²) < 4.78 is 37.3. The summed E-state index contributed by atoms with van der Waals surface area (Å²) >= 11 is 1.08. The second-order valence-electron chi connectivity index (χ2n) is 3.60. The molecule has 0 aliphatic heterocycles. The number of carbonyl (C=O) groups is 1. The SMILES string of the molecule is NC(=O)Nc1nc2ccc(CC(F)(F)F)cc2s1. The largest absolute Gasteiger partial charge is 0.393 e. The van der Waals surface area contributed by atoms with Gasteiger partial charge < -0.3 is 5.73 Å². The van der Waals surface area contributed by atoms with E-state index in [2.05, 4.69) is 10.3 Å². The lowest BCUT2D eigenvalue weighted by molar-refractivity contribution is -0.127. The number of aromatic nitrogens is 1. The molecule has 1 aromatic carbocycles. The van der Waals surface area contributed by atoms with Crippen LogP contribution in [0.25, 0.3) is 10.2 Å². The number of benzene rings is 1. The number of halogens is 3. The van der Waals surface area contributed by atoms with Gasteiger partial charge in [-0.15, -0.1) is 0 Å². The van der Waals surface area contributed by atoms with Crippen molar-refractivity contribution in [1.29, 1.82) is 0 Å². The number of nitrogens with one attached hydrogen (secondary N) is 1. The molecule has 4 nitrogen and oxygen atoms in total. The van der Waals surface area contributed by atoms with Gasteiger partial charge >= 0.3 is 12.2 Å². The molecule has 3 N–H and O–H groups in total. The Labute approximate surface area is 104 Å². The lowest BCUT2D eigenvalue weighted by atomic mass is 10.1. The summed E-state index contributed by atoms with van der Waals surface area (Å²) in [7, 11) is 0. The fourth-order valence-corrected chi connectivity index (χ4v) is 2.40. The van der Waals surface area contributed by atoms with Crippen LogP contribution in [-0.2, 0) is 6.42 Å². The minimum atomic E-state index is -4.24. The van der Waals surface area contributed by atoms with Crippen molar-refractivity contribution in [1.82, 2.24) is 4.98 Å². The van der Waals surface area contributed by atoms with Crippen LogP contribution in [0.4, 0.5) is 23.1 Å². The smallest absolute Gasteiger partial charge is 0.351 e. The number of hydrogen-bond donors (Lipinski definition) is 2. The maximum atomic E-state index is 12.2. The fourth-order valence-electron chi connectivity index (χ4n) is 1.47. The predicted molar refractivity (Wildman–Crippen MR) is 62.6 cm³/mol. The van der Waals surface area contributed by atoms with Crippen LogP contribution in [0.15, 0.2) is 18.2 Å². The minimum Gasteiger partial charge on any atom is -0.351 e. The Morgan fingerprint density at radius 1 is 1.44 bits per heavy atom. The van der Waals surface area contributed by atoms with Gasteiger partial charge in [0.15, 0.2) is 5.13 Å². The third-order valence-electron chi connectivity index (χ3n) is 2.09. The molecule has 1 aromatic heterocycles. The standard InChI is InChI=1S/C10H8F3N3OS/c11-10(12,13)4-5-1-2-6-7(3-5)18-9(15-6)16-8(14)17/h1-3H,4H2,(H3,14,15,16,17). The van der Waals surface area contributed by atoms with Gasteiger partial charge in [-0.1, -0.05) is 17.4 Å². The Morgan fingerprint density at radius 2 is 2.17 bits per heavy atom. The van der Waals surface area contributed by atoms with Gasteiger partial charge in [0.25, 0.3) is 0 Å². The Hall–Kier alpha value is -1.83. The van der Waals surface area contributed by atoms with Crippen molar-refractivity contribution < 1.29 is 18.0 Å². The highest BCUT2D eigenvalue weighted by Crippen LogP contribution is 2.29. The van der Waals surface area contributed by atoms with E-state index in [1.54, 1.807) is 0 Å². The topological polar surface area (TPSA) is 68.0 Å². The van der Waals surface area contributed by atoms with Gasteiger partial charge in [-0.05, 0) is 17.7 Å². The number of carbonyl (C=O) groups excluding carboxylic acids is 1. The number of rotatable bonds is 2. The second kappa shape index (κ2) is 4.45. The van der Waals surface area contributed by atoms with E-state index >= 15 is 0 Å². The zero-order valence-corrected chi connectivity index (χ0v) is 9.73. The quantitative estimate of drug-likeness (QED) is 0.884. The van der Waals surface area contributed by atoms with Gasteiger partial charge in [-0.3, -0.25) is 5.32 Å². The average molecular weight is 275 g/mol. The van der Waals surface area contributed by atoms with Gasteiger partial charge in [-0.25, -0.2) is 9.78 Å². The third kappa shape index (κ3) is 3.10. The molecule has 0 aliphatic rings. The van der Waals surface area contributed by atoms with Crippen LogP contribution in [-0.4, -0.2) is 17.2 Å². The molecule has 0 spiro atoms. The van der Waals surface area contributed by atoms with E-state index in [1.807, 2.05) is 0 Å². The molecule has 0 bridgehead atoms. The highest BCUT2D eigenvalue weighted by atomic mass is 32.1. The van der Waals surface area contributed by atoms with Crippen molar-refractivity contribution >= 4 is 32.7 Å². The Bertz CT molecular complexity index is 594. The number of hydrogen-bond acceptors (Lipinski definition) is 3. The van der Waals surface area contributed by atoms with Crippen LogP contribution in [0.5, 0.6) is 0 Å². The molecule has 96 valence electrons. The Balaban J connectivity index is 2.30. The first kappa shape index (κ1) is 12.6. The number of amides is 2. The summed E-state index contributed by atoms with van der Waals surface area (Å²) in [5, 5.41) is 2.55. The summed E-state index contributed by atoms with van der Waals surface area (Å²) in [4.78, 5) is 14.6. The number of nitrogens with two attached hydrogens (primary N) is 1. The van der Waals surface area contributed by atoms with Crippen molar-refractivity contribution in [2.45, 2.75) is 12.6 Å². The number of anilines is 1. The first-order valence-corrected chi connectivity index (χ1v) is 5.68. The number of primary amides is 1. The molecular formula is C10H8F3N3OS. The first-order chi connectivity index (χ1) is 8.33. The molecule has 2 aromatic rings. The lowest BCUT2D eigenvalue weighted by Crippen LogP contribution is -2.18. The highest BCUT2D eigenvalue weighted by Gasteiger charge is 2.27. The molecule has 0 atom stereocenters. The van der Waals surface area contributed by atoms with Gasteiger partial charge in [0, 0.05) is 0 Å². The van der Waals surface area contributed by atoms with E-state index in [1.165, 1.54) is 18.2 Å². The van der Waals surface area contributed by atoms with E-state index < -0.39 is 18.6 Å². The average Bonchev–Trinajstić information content (AvgIpc) is 2.55. The summed E-state index contributed by atoms with van der Waals surface area (Å²) in [6.45, 7) is 0. The van der Waals surface area contributed by atoms with Crippen LogP contribution in [0.3, 0.4) is 0 Å². The third-order valence-corrected chi connectivity index (χ3v) is 3.02. The van der Waals surface area contributed by atoms with Crippen LogP contribution in [0, 0.1) is 0 Å². The number of urea groups is 1. The molecular weight excluding hydrogens is 267 g/mol. The van der Waals surface area contributed by atoms with Crippen molar-refractivity contribution in [3.05, 3.63) is 23.8 Å². The molecule has 18 heavy (non-hydrogen) atoms. The molecule has 2 rings (SSSR count). The molecule has 0 unspecified atom stereocenters. The number of thiazole rings is 1.